The van der Waals surface area contributed by atoms with Gasteiger partial charge in [-0.2, -0.15) is 8.75 Å². The van der Waals surface area contributed by atoms with Gasteiger partial charge in [0.15, 0.2) is 11.6 Å². The summed E-state index contributed by atoms with van der Waals surface area (Å²) in [5.41, 5.74) is 0.727. The number of nitrogens with zero attached hydrogens (tertiary/aromatic N) is 2. The molecule has 0 radical (unpaired) electrons. The lowest BCUT2D eigenvalue weighted by atomic mass is 10.3. The first-order valence-electron chi connectivity index (χ1n) is 2.96. The molecule has 1 aromatic carbocycles. The third-order valence-electron chi connectivity index (χ3n) is 1.39. The van der Waals surface area contributed by atoms with Crippen molar-refractivity contribution in [2.75, 3.05) is 0 Å². The molecule has 2 nitrogen and oxygen atoms in total. The lowest BCUT2D eigenvalue weighted by Crippen LogP contribution is -1.86. The van der Waals surface area contributed by atoms with Crippen molar-refractivity contribution in [3.05, 3.63) is 22.2 Å². The summed E-state index contributed by atoms with van der Waals surface area (Å²) in [4.78, 5) is 0. The predicted molar refractivity (Wildman–Crippen MR) is 45.0 cm³/mol. The van der Waals surface area contributed by atoms with E-state index in [1.807, 2.05) is 0 Å². The molecule has 0 atom stereocenters. The molecule has 12 heavy (non-hydrogen) atoms. The summed E-state index contributed by atoms with van der Waals surface area (Å²) in [5.74, 6) is -1.84. The van der Waals surface area contributed by atoms with Gasteiger partial charge in [0.25, 0.3) is 0 Å². The second-order valence-corrected chi connectivity index (χ2v) is 3.44. The fraction of sp³-hybridized carbons (Fsp3) is 0. The van der Waals surface area contributed by atoms with Crippen LogP contribution in [-0.2, 0) is 0 Å². The number of hydrogen-bond donors (Lipinski definition) is 0. The minimum absolute atomic E-state index is 0.0336. The number of hydrogen-bond acceptors (Lipinski definition) is 3. The van der Waals surface area contributed by atoms with Crippen LogP contribution < -0.4 is 0 Å². The van der Waals surface area contributed by atoms with Crippen LogP contribution in [0.15, 0.2) is 10.5 Å². The zero-order chi connectivity index (χ0) is 8.72. The topological polar surface area (TPSA) is 25.8 Å². The van der Waals surface area contributed by atoms with Gasteiger partial charge in [0.05, 0.1) is 16.2 Å². The first-order valence-corrected chi connectivity index (χ1v) is 4.48. The smallest absolute Gasteiger partial charge is 0.175 e. The lowest BCUT2D eigenvalue weighted by Gasteiger charge is -1.94. The van der Waals surface area contributed by atoms with E-state index in [9.17, 15) is 8.78 Å². The van der Waals surface area contributed by atoms with Gasteiger partial charge in [0, 0.05) is 6.07 Å². The van der Waals surface area contributed by atoms with Crippen LogP contribution in [-0.4, -0.2) is 8.75 Å². The van der Waals surface area contributed by atoms with E-state index in [1.54, 1.807) is 0 Å². The zero-order valence-electron chi connectivity index (χ0n) is 5.51. The molecule has 0 N–H and O–H groups in total. The molecule has 0 aliphatic carbocycles. The molecule has 0 bridgehead atoms. The van der Waals surface area contributed by atoms with E-state index in [0.717, 1.165) is 17.8 Å². The SMILES string of the molecule is Fc1cc2nsnc2c(Br)c1F. The Bertz CT molecular complexity index is 442. The van der Waals surface area contributed by atoms with Gasteiger partial charge in [0.1, 0.15) is 11.0 Å². The summed E-state index contributed by atoms with van der Waals surface area (Å²) >= 11 is 3.82. The van der Waals surface area contributed by atoms with Gasteiger partial charge in [-0.25, -0.2) is 8.78 Å². The largest absolute Gasteiger partial charge is 0.204 e. The molecule has 0 aliphatic heterocycles. The molecule has 1 heterocycles. The molecule has 0 aliphatic rings. The monoisotopic (exact) mass is 250 g/mol. The molecule has 0 unspecified atom stereocenters. The van der Waals surface area contributed by atoms with Gasteiger partial charge in [0.2, 0.25) is 0 Å². The van der Waals surface area contributed by atoms with Crippen LogP contribution in [0.25, 0.3) is 11.0 Å². The summed E-state index contributed by atoms with van der Waals surface area (Å²) in [6.45, 7) is 0. The third-order valence-corrected chi connectivity index (χ3v) is 2.65. The predicted octanol–water partition coefficient (Wildman–Crippen LogP) is 2.73. The molecule has 0 saturated heterocycles. The van der Waals surface area contributed by atoms with Crippen LogP contribution >= 0.6 is 27.7 Å². The quantitative estimate of drug-likeness (QED) is 0.673. The molecule has 62 valence electrons. The summed E-state index contributed by atoms with van der Waals surface area (Å²) in [6, 6.07) is 1.03. The van der Waals surface area contributed by atoms with Crippen LogP contribution in [0.3, 0.4) is 0 Å². The molecule has 6 heteroatoms. The van der Waals surface area contributed by atoms with Crippen molar-refractivity contribution < 1.29 is 8.78 Å². The van der Waals surface area contributed by atoms with Crippen molar-refractivity contribution in [2.45, 2.75) is 0 Å². The van der Waals surface area contributed by atoms with E-state index in [2.05, 4.69) is 24.7 Å². The Hall–Kier alpha value is -0.620. The number of rotatable bonds is 0. The van der Waals surface area contributed by atoms with Crippen molar-refractivity contribution in [1.82, 2.24) is 8.75 Å². The Morgan fingerprint density at radius 3 is 2.83 bits per heavy atom. The van der Waals surface area contributed by atoms with E-state index in [1.165, 1.54) is 0 Å². The number of fused-ring (bicyclic) bond motifs is 1. The third kappa shape index (κ3) is 1.02. The molecule has 1 aromatic heterocycles. The van der Waals surface area contributed by atoms with Gasteiger partial charge >= 0.3 is 0 Å². The van der Waals surface area contributed by atoms with Crippen molar-refractivity contribution in [3.8, 4) is 0 Å². The molecule has 0 saturated carbocycles. The second kappa shape index (κ2) is 2.70. The fourth-order valence-electron chi connectivity index (χ4n) is 0.835. The van der Waals surface area contributed by atoms with Crippen molar-refractivity contribution >= 4 is 38.7 Å². The highest BCUT2D eigenvalue weighted by molar-refractivity contribution is 9.10. The van der Waals surface area contributed by atoms with E-state index in [4.69, 9.17) is 0 Å². The summed E-state index contributed by atoms with van der Waals surface area (Å²) in [5, 5.41) is 0. The molecular formula is C6HBrF2N2S. The average Bonchev–Trinajstić information content (AvgIpc) is 2.48. The normalized spacial score (nSPS) is 10.9. The first-order chi connectivity index (χ1) is 5.70. The number of halogens is 3. The second-order valence-electron chi connectivity index (χ2n) is 2.12. The van der Waals surface area contributed by atoms with E-state index in [0.29, 0.717) is 11.0 Å². The highest BCUT2D eigenvalue weighted by Crippen LogP contribution is 2.27. The fourth-order valence-corrected chi connectivity index (χ4v) is 1.97. The van der Waals surface area contributed by atoms with E-state index in [-0.39, 0.29) is 4.47 Å². The summed E-state index contributed by atoms with van der Waals surface area (Å²) < 4.78 is 33.2. The Morgan fingerprint density at radius 1 is 1.33 bits per heavy atom. The number of benzene rings is 1. The standard InChI is InChI=1S/C6HBrF2N2S/c7-4-5(9)2(8)1-3-6(4)11-12-10-3/h1H. The minimum Gasteiger partial charge on any atom is -0.204 e. The van der Waals surface area contributed by atoms with E-state index >= 15 is 0 Å². The van der Waals surface area contributed by atoms with Crippen molar-refractivity contribution in [2.24, 2.45) is 0 Å². The average molecular weight is 251 g/mol. The highest BCUT2D eigenvalue weighted by atomic mass is 79.9. The first kappa shape index (κ1) is 8.00. The van der Waals surface area contributed by atoms with Crippen molar-refractivity contribution in [3.63, 3.8) is 0 Å². The van der Waals surface area contributed by atoms with Gasteiger partial charge in [-0.05, 0) is 15.9 Å². The van der Waals surface area contributed by atoms with Gasteiger partial charge < -0.3 is 0 Å². The summed E-state index contributed by atoms with van der Waals surface area (Å²) in [7, 11) is 0. The molecular weight excluding hydrogens is 250 g/mol. The molecule has 0 amide bonds. The number of aromatic nitrogens is 2. The van der Waals surface area contributed by atoms with Gasteiger partial charge in [-0.1, -0.05) is 0 Å². The molecule has 2 rings (SSSR count). The maximum atomic E-state index is 12.9. The van der Waals surface area contributed by atoms with Crippen LogP contribution in [0.2, 0.25) is 0 Å². The van der Waals surface area contributed by atoms with Gasteiger partial charge in [-0.15, -0.1) is 0 Å². The van der Waals surface area contributed by atoms with Crippen LogP contribution in [0.1, 0.15) is 0 Å². The Kier molecular flexibility index (Phi) is 1.80. The Balaban J connectivity index is 2.94. The molecule has 0 spiro atoms. The highest BCUT2D eigenvalue weighted by Gasteiger charge is 2.13. The Labute approximate surface area is 78.7 Å². The molecule has 0 fully saturated rings. The zero-order valence-corrected chi connectivity index (χ0v) is 7.92. The van der Waals surface area contributed by atoms with Gasteiger partial charge in [-0.3, -0.25) is 0 Å². The maximum absolute atomic E-state index is 12.9. The Morgan fingerprint density at radius 2 is 2.08 bits per heavy atom. The lowest BCUT2D eigenvalue weighted by molar-refractivity contribution is 0.506. The molecule has 2 aromatic rings. The minimum atomic E-state index is -0.921. The summed E-state index contributed by atoms with van der Waals surface area (Å²) in [6.07, 6.45) is 0. The van der Waals surface area contributed by atoms with Crippen LogP contribution in [0.5, 0.6) is 0 Å². The van der Waals surface area contributed by atoms with Crippen LogP contribution in [0.4, 0.5) is 8.78 Å². The van der Waals surface area contributed by atoms with E-state index < -0.39 is 11.6 Å². The maximum Gasteiger partial charge on any atom is 0.175 e. The van der Waals surface area contributed by atoms with Crippen molar-refractivity contribution in [1.29, 1.82) is 0 Å². The van der Waals surface area contributed by atoms with Crippen LogP contribution in [0, 0.1) is 11.6 Å².